The minimum atomic E-state index is -5.06. The summed E-state index contributed by atoms with van der Waals surface area (Å²) in [5, 5.41) is -1.21. The van der Waals surface area contributed by atoms with Crippen LogP contribution in [0.5, 0.6) is 0 Å². The molecule has 0 aliphatic heterocycles. The summed E-state index contributed by atoms with van der Waals surface area (Å²) in [5.74, 6) is -11.8. The van der Waals surface area contributed by atoms with E-state index >= 15 is 0 Å². The van der Waals surface area contributed by atoms with Gasteiger partial charge in [-0.1, -0.05) is 0 Å². The maximum atomic E-state index is 14.0. The summed E-state index contributed by atoms with van der Waals surface area (Å²) in [5.41, 5.74) is 0. The fraction of sp³-hybridized carbons (Fsp3) is 0.250. The Kier molecular flexibility index (Phi) is 5.48. The zero-order valence-corrected chi connectivity index (χ0v) is 13.0. The molecule has 0 unspecified atom stereocenters. The summed E-state index contributed by atoms with van der Waals surface area (Å²) in [6.07, 6.45) is 0. The van der Waals surface area contributed by atoms with Gasteiger partial charge in [0.1, 0.15) is 5.19 Å². The van der Waals surface area contributed by atoms with E-state index in [0.717, 1.165) is 20.8 Å². The highest BCUT2D eigenvalue weighted by Gasteiger charge is 2.57. The number of benzene rings is 1. The number of hydrogen-bond acceptors (Lipinski definition) is 6. The van der Waals surface area contributed by atoms with Crippen molar-refractivity contribution in [2.45, 2.75) is 20.8 Å². The van der Waals surface area contributed by atoms with E-state index in [2.05, 4.69) is 13.3 Å². The zero-order valence-electron chi connectivity index (χ0n) is 12.0. The third-order valence-electron chi connectivity index (χ3n) is 2.27. The third kappa shape index (κ3) is 4.06. The lowest BCUT2D eigenvalue weighted by atomic mass is 10.3. The molecule has 0 amide bonds. The van der Waals surface area contributed by atoms with Gasteiger partial charge in [-0.2, -0.15) is 0 Å². The molecular formula is C12H10F4O6Si. The number of carbonyl (C=O) groups excluding carboxylic acids is 3. The molecule has 0 bridgehead atoms. The summed E-state index contributed by atoms with van der Waals surface area (Å²) in [6, 6.07) is 0.0921. The van der Waals surface area contributed by atoms with Gasteiger partial charge in [0.25, 0.3) is 17.9 Å². The molecule has 0 aliphatic carbocycles. The van der Waals surface area contributed by atoms with Gasteiger partial charge in [0.15, 0.2) is 23.3 Å². The van der Waals surface area contributed by atoms with E-state index in [1.165, 1.54) is 0 Å². The summed E-state index contributed by atoms with van der Waals surface area (Å²) >= 11 is 0. The van der Waals surface area contributed by atoms with Crippen molar-refractivity contribution < 1.29 is 45.2 Å². The average molecular weight is 354 g/mol. The predicted octanol–water partition coefficient (Wildman–Crippen LogP) is 1.08. The highest BCUT2D eigenvalue weighted by Crippen LogP contribution is 2.19. The summed E-state index contributed by atoms with van der Waals surface area (Å²) in [7, 11) is -5.06. The number of hydrogen-bond donors (Lipinski definition) is 0. The Bertz CT molecular complexity index is 637. The zero-order chi connectivity index (χ0) is 17.9. The summed E-state index contributed by atoms with van der Waals surface area (Å²) < 4.78 is 67.6. The predicted molar refractivity (Wildman–Crippen MR) is 67.0 cm³/mol. The molecule has 0 N–H and O–H groups in total. The van der Waals surface area contributed by atoms with Crippen LogP contribution in [0.15, 0.2) is 6.07 Å². The average Bonchev–Trinajstić information content (AvgIpc) is 2.37. The van der Waals surface area contributed by atoms with Crippen LogP contribution < -0.4 is 5.19 Å². The van der Waals surface area contributed by atoms with Crippen molar-refractivity contribution in [1.29, 1.82) is 0 Å². The standard InChI is InChI=1S/C12H10F4O6Si/c1-5(17)20-23(21-6(2)18,22-7(3)19)9-4-8(13)10(14)12(16)11(9)15/h4H,1-3H3. The Morgan fingerprint density at radius 2 is 1.17 bits per heavy atom. The number of rotatable bonds is 4. The number of halogens is 4. The van der Waals surface area contributed by atoms with Crippen LogP contribution >= 0.6 is 0 Å². The van der Waals surface area contributed by atoms with Crippen molar-refractivity contribution >= 4 is 31.9 Å². The SMILES string of the molecule is CC(=O)O[Si](OC(C)=O)(OC(C)=O)c1cc(F)c(F)c(F)c1F. The fourth-order valence-electron chi connectivity index (χ4n) is 1.59. The second-order valence-electron chi connectivity index (χ2n) is 4.19. The molecule has 0 saturated heterocycles. The largest absolute Gasteiger partial charge is 0.746 e. The van der Waals surface area contributed by atoms with Gasteiger partial charge in [-0.15, -0.1) is 0 Å². The Balaban J connectivity index is 3.70. The number of carbonyl (C=O) groups is 3. The molecule has 1 aromatic carbocycles. The van der Waals surface area contributed by atoms with E-state index in [-0.39, 0.29) is 6.07 Å². The second-order valence-corrected chi connectivity index (χ2v) is 6.45. The Labute approximate surface area is 128 Å². The first-order valence-electron chi connectivity index (χ1n) is 5.92. The fourth-order valence-corrected chi connectivity index (χ4v) is 3.86. The van der Waals surface area contributed by atoms with Crippen molar-refractivity contribution in [2.24, 2.45) is 0 Å². The van der Waals surface area contributed by atoms with Gasteiger partial charge >= 0.3 is 8.80 Å². The molecule has 0 spiro atoms. The van der Waals surface area contributed by atoms with Gasteiger partial charge in [0.05, 0.1) is 0 Å². The smallest absolute Gasteiger partial charge is 0.452 e. The normalized spacial score (nSPS) is 10.9. The molecule has 0 saturated carbocycles. The van der Waals surface area contributed by atoms with Crippen LogP contribution in [0.25, 0.3) is 0 Å². The molecule has 0 heterocycles. The lowest BCUT2D eigenvalue weighted by Gasteiger charge is -2.26. The molecule has 0 aromatic heterocycles. The minimum Gasteiger partial charge on any atom is -0.452 e. The van der Waals surface area contributed by atoms with E-state index in [0.29, 0.717) is 0 Å². The lowest BCUT2D eigenvalue weighted by Crippen LogP contribution is -2.60. The van der Waals surface area contributed by atoms with Gasteiger partial charge in [-0.25, -0.2) is 17.6 Å². The first kappa shape index (κ1) is 18.6. The molecule has 126 valence electrons. The van der Waals surface area contributed by atoms with Crippen molar-refractivity contribution in [3.8, 4) is 0 Å². The Morgan fingerprint density at radius 3 is 1.52 bits per heavy atom. The van der Waals surface area contributed by atoms with Gasteiger partial charge in [-0.3, -0.25) is 14.4 Å². The van der Waals surface area contributed by atoms with Crippen LogP contribution in [0.2, 0.25) is 0 Å². The van der Waals surface area contributed by atoms with Crippen LogP contribution in [-0.4, -0.2) is 26.7 Å². The Hall–Kier alpha value is -2.43. The van der Waals surface area contributed by atoms with E-state index < -0.39 is 55.2 Å². The molecule has 6 nitrogen and oxygen atoms in total. The van der Waals surface area contributed by atoms with Crippen molar-refractivity contribution in [1.82, 2.24) is 0 Å². The molecule has 0 aliphatic rings. The lowest BCUT2D eigenvalue weighted by molar-refractivity contribution is -0.146. The third-order valence-corrected chi connectivity index (χ3v) is 4.96. The summed E-state index contributed by atoms with van der Waals surface area (Å²) in [6.45, 7) is 2.38. The molecule has 1 rings (SSSR count). The van der Waals surface area contributed by atoms with Crippen molar-refractivity contribution in [3.05, 3.63) is 29.3 Å². The van der Waals surface area contributed by atoms with Crippen LogP contribution in [0.3, 0.4) is 0 Å². The van der Waals surface area contributed by atoms with E-state index in [4.69, 9.17) is 0 Å². The van der Waals surface area contributed by atoms with Crippen molar-refractivity contribution in [2.75, 3.05) is 0 Å². The molecule has 0 atom stereocenters. The van der Waals surface area contributed by atoms with Crippen molar-refractivity contribution in [3.63, 3.8) is 0 Å². The van der Waals surface area contributed by atoms with Crippen LogP contribution in [0.1, 0.15) is 20.8 Å². The quantitative estimate of drug-likeness (QED) is 0.348. The van der Waals surface area contributed by atoms with Gasteiger partial charge in [0, 0.05) is 20.8 Å². The molecule has 1 aromatic rings. The van der Waals surface area contributed by atoms with E-state index in [1.54, 1.807) is 0 Å². The molecular weight excluding hydrogens is 344 g/mol. The van der Waals surface area contributed by atoms with Gasteiger partial charge in [0.2, 0.25) is 0 Å². The molecule has 23 heavy (non-hydrogen) atoms. The summed E-state index contributed by atoms with van der Waals surface area (Å²) in [4.78, 5) is 33.6. The maximum absolute atomic E-state index is 14.0. The first-order chi connectivity index (χ1) is 10.5. The highest BCUT2D eigenvalue weighted by atomic mass is 28.4. The van der Waals surface area contributed by atoms with Gasteiger partial charge < -0.3 is 13.3 Å². The molecule has 0 radical (unpaired) electrons. The highest BCUT2D eigenvalue weighted by molar-refractivity contribution is 6.79. The van der Waals surface area contributed by atoms with E-state index in [9.17, 15) is 31.9 Å². The Morgan fingerprint density at radius 1 is 0.783 bits per heavy atom. The van der Waals surface area contributed by atoms with Crippen LogP contribution in [0.4, 0.5) is 17.6 Å². The van der Waals surface area contributed by atoms with Crippen LogP contribution in [0, 0.1) is 23.3 Å². The molecule has 11 heteroatoms. The monoisotopic (exact) mass is 354 g/mol. The maximum Gasteiger partial charge on any atom is 0.746 e. The van der Waals surface area contributed by atoms with Crippen LogP contribution in [-0.2, 0) is 27.7 Å². The molecule has 0 fully saturated rings. The second kappa shape index (κ2) is 6.77. The van der Waals surface area contributed by atoms with Gasteiger partial charge in [-0.05, 0) is 6.07 Å². The van der Waals surface area contributed by atoms with E-state index in [1.807, 2.05) is 0 Å². The first-order valence-corrected chi connectivity index (χ1v) is 7.65. The topological polar surface area (TPSA) is 78.9 Å². The minimum absolute atomic E-state index is 0.0921.